The number of hydrogen-bond acceptors (Lipinski definition) is 8. The van der Waals surface area contributed by atoms with Gasteiger partial charge in [-0.3, -0.25) is 19.9 Å². The van der Waals surface area contributed by atoms with Crippen LogP contribution in [0.1, 0.15) is 34.5 Å². The largest absolute Gasteiger partial charge is 0.437 e. The summed E-state index contributed by atoms with van der Waals surface area (Å²) >= 11 is 6.20. The van der Waals surface area contributed by atoms with Crippen LogP contribution in [-0.4, -0.2) is 40.1 Å². The molecule has 1 aliphatic carbocycles. The lowest BCUT2D eigenvalue weighted by Crippen LogP contribution is -2.26. The summed E-state index contributed by atoms with van der Waals surface area (Å²) in [5.41, 5.74) is 1.14. The first-order valence-electron chi connectivity index (χ1n) is 12.1. The average molecular weight is 583 g/mol. The Morgan fingerprint density at radius 1 is 1.20 bits per heavy atom. The Hall–Kier alpha value is -4.33. The first kappa shape index (κ1) is 27.2. The highest BCUT2D eigenvalue weighted by Crippen LogP contribution is 2.36. The van der Waals surface area contributed by atoms with Crippen LogP contribution in [0, 0.1) is 17.0 Å². The standard InChI is InChI=1S/C26H23ClN6O6S/c1-16-24(25(34)29-15-17-4-3-11-28-14-17)30-32(20-6-2-5-18(27)12-20)26(16)39-22-10-9-21(33(35)36)13-23(22)40(37,38)31-19-7-8-19/h2-6,9-14,19,31H,7-8,15H2,1H3,(H,29,34). The third-order valence-electron chi connectivity index (χ3n) is 6.05. The quantitative estimate of drug-likeness (QED) is 0.207. The summed E-state index contributed by atoms with van der Waals surface area (Å²) in [6.45, 7) is 1.80. The van der Waals surface area contributed by atoms with Gasteiger partial charge in [0, 0.05) is 47.7 Å². The fourth-order valence-electron chi connectivity index (χ4n) is 3.86. The number of nitrogens with zero attached hydrogens (tertiary/aromatic N) is 4. The van der Waals surface area contributed by atoms with Crippen LogP contribution < -0.4 is 14.8 Å². The summed E-state index contributed by atoms with van der Waals surface area (Å²) in [5.74, 6) is -0.642. The van der Waals surface area contributed by atoms with E-state index in [-0.39, 0.29) is 29.9 Å². The van der Waals surface area contributed by atoms with Gasteiger partial charge >= 0.3 is 0 Å². The molecule has 0 spiro atoms. The highest BCUT2D eigenvalue weighted by molar-refractivity contribution is 7.89. The number of nitrogens with one attached hydrogen (secondary N) is 2. The molecule has 0 atom stereocenters. The van der Waals surface area contributed by atoms with Gasteiger partial charge in [0.25, 0.3) is 11.6 Å². The van der Waals surface area contributed by atoms with Gasteiger partial charge in [-0.15, -0.1) is 0 Å². The Morgan fingerprint density at radius 2 is 2.00 bits per heavy atom. The zero-order valence-corrected chi connectivity index (χ0v) is 22.6. The minimum absolute atomic E-state index is 0.0290. The molecule has 40 heavy (non-hydrogen) atoms. The molecule has 12 nitrogen and oxygen atoms in total. The predicted octanol–water partition coefficient (Wildman–Crippen LogP) is 4.30. The molecule has 0 bridgehead atoms. The SMILES string of the molecule is Cc1c(C(=O)NCc2cccnc2)nn(-c2cccc(Cl)c2)c1Oc1ccc([N+](=O)[O-])cc1S(=O)(=O)NC1CC1. The Balaban J connectivity index is 1.57. The average Bonchev–Trinajstić information content (AvgIpc) is 3.68. The van der Waals surface area contributed by atoms with Gasteiger partial charge < -0.3 is 10.1 Å². The molecule has 0 saturated heterocycles. The molecule has 1 aliphatic rings. The van der Waals surface area contributed by atoms with Crippen LogP contribution in [-0.2, 0) is 16.6 Å². The molecule has 1 fully saturated rings. The molecule has 14 heteroatoms. The third kappa shape index (κ3) is 5.96. The highest BCUT2D eigenvalue weighted by atomic mass is 35.5. The lowest BCUT2D eigenvalue weighted by atomic mass is 10.2. The molecule has 0 radical (unpaired) electrons. The number of rotatable bonds is 10. The molecule has 206 valence electrons. The van der Waals surface area contributed by atoms with Crippen molar-refractivity contribution < 1.29 is 22.9 Å². The smallest absolute Gasteiger partial charge is 0.272 e. The number of aromatic nitrogens is 3. The van der Waals surface area contributed by atoms with Crippen molar-refractivity contribution in [3.63, 3.8) is 0 Å². The number of pyridine rings is 1. The Morgan fingerprint density at radius 3 is 2.67 bits per heavy atom. The number of halogens is 1. The summed E-state index contributed by atoms with van der Waals surface area (Å²) in [4.78, 5) is 27.5. The monoisotopic (exact) mass is 582 g/mol. The highest BCUT2D eigenvalue weighted by Gasteiger charge is 2.32. The van der Waals surface area contributed by atoms with Crippen LogP contribution in [0.4, 0.5) is 5.69 Å². The Kier molecular flexibility index (Phi) is 7.52. The molecule has 2 N–H and O–H groups in total. The first-order valence-corrected chi connectivity index (χ1v) is 14.0. The Labute approximate surface area is 234 Å². The zero-order valence-electron chi connectivity index (χ0n) is 21.1. The fourth-order valence-corrected chi connectivity index (χ4v) is 5.50. The summed E-state index contributed by atoms with van der Waals surface area (Å²) in [6, 6.07) is 13.2. The number of nitro groups is 1. The van der Waals surface area contributed by atoms with Crippen molar-refractivity contribution in [2.45, 2.75) is 37.2 Å². The van der Waals surface area contributed by atoms with E-state index >= 15 is 0 Å². The van der Waals surface area contributed by atoms with Gasteiger partial charge in [-0.1, -0.05) is 23.7 Å². The van der Waals surface area contributed by atoms with Crippen molar-refractivity contribution in [3.05, 3.63) is 98.9 Å². The first-order chi connectivity index (χ1) is 19.1. The van der Waals surface area contributed by atoms with Crippen LogP contribution in [0.3, 0.4) is 0 Å². The van der Waals surface area contributed by atoms with E-state index in [1.54, 1.807) is 49.6 Å². The molecule has 2 aromatic carbocycles. The number of carbonyl (C=O) groups is 1. The maximum Gasteiger partial charge on any atom is 0.272 e. The lowest BCUT2D eigenvalue weighted by Gasteiger charge is -2.14. The van der Waals surface area contributed by atoms with Gasteiger partial charge in [-0.05, 0) is 55.7 Å². The number of benzene rings is 2. The molecular formula is C26H23ClN6O6S. The number of non-ortho nitro benzene ring substituents is 1. The zero-order chi connectivity index (χ0) is 28.4. The molecule has 1 amide bonds. The van der Waals surface area contributed by atoms with Gasteiger partial charge in [-0.25, -0.2) is 13.1 Å². The molecule has 5 rings (SSSR count). The molecule has 0 unspecified atom stereocenters. The minimum atomic E-state index is -4.17. The molecule has 4 aromatic rings. The predicted molar refractivity (Wildman–Crippen MR) is 145 cm³/mol. The van der Waals surface area contributed by atoms with E-state index in [9.17, 15) is 23.3 Å². The van der Waals surface area contributed by atoms with Gasteiger partial charge in [0.15, 0.2) is 5.69 Å². The second-order valence-electron chi connectivity index (χ2n) is 9.10. The van der Waals surface area contributed by atoms with Crippen molar-refractivity contribution in [2.75, 3.05) is 0 Å². The number of amides is 1. The van der Waals surface area contributed by atoms with Crippen molar-refractivity contribution >= 4 is 33.2 Å². The van der Waals surface area contributed by atoms with Gasteiger partial charge in [-0.2, -0.15) is 9.78 Å². The fraction of sp³-hybridized carbons (Fsp3) is 0.192. The Bertz CT molecular complexity index is 1710. The second kappa shape index (κ2) is 11.0. The molecule has 0 aliphatic heterocycles. The number of carbonyl (C=O) groups excluding carboxylic acids is 1. The summed E-state index contributed by atoms with van der Waals surface area (Å²) in [5, 5.41) is 19.1. The van der Waals surface area contributed by atoms with Crippen LogP contribution in [0.25, 0.3) is 5.69 Å². The van der Waals surface area contributed by atoms with Crippen LogP contribution in [0.15, 0.2) is 71.9 Å². The lowest BCUT2D eigenvalue weighted by molar-refractivity contribution is -0.385. The maximum absolute atomic E-state index is 13.2. The summed E-state index contributed by atoms with van der Waals surface area (Å²) in [7, 11) is -4.17. The van der Waals surface area contributed by atoms with Gasteiger partial charge in [0.1, 0.15) is 10.6 Å². The number of sulfonamides is 1. The van der Waals surface area contributed by atoms with Crippen molar-refractivity contribution in [2.24, 2.45) is 0 Å². The van der Waals surface area contributed by atoms with Crippen molar-refractivity contribution in [1.29, 1.82) is 0 Å². The van der Waals surface area contributed by atoms with Gasteiger partial charge in [0.05, 0.1) is 10.6 Å². The van der Waals surface area contributed by atoms with E-state index in [1.165, 1.54) is 10.7 Å². The maximum atomic E-state index is 13.2. The van der Waals surface area contributed by atoms with E-state index in [0.29, 0.717) is 29.1 Å². The number of nitro benzene ring substituents is 1. The summed E-state index contributed by atoms with van der Waals surface area (Å²) < 4.78 is 36.3. The van der Waals surface area contributed by atoms with Crippen LogP contribution in [0.5, 0.6) is 11.6 Å². The minimum Gasteiger partial charge on any atom is -0.437 e. The van der Waals surface area contributed by atoms with E-state index in [0.717, 1.165) is 17.7 Å². The topological polar surface area (TPSA) is 158 Å². The van der Waals surface area contributed by atoms with E-state index in [1.807, 2.05) is 6.07 Å². The van der Waals surface area contributed by atoms with Gasteiger partial charge in [0.2, 0.25) is 15.9 Å². The molecule has 2 heterocycles. The van der Waals surface area contributed by atoms with Crippen LogP contribution in [0.2, 0.25) is 5.02 Å². The van der Waals surface area contributed by atoms with E-state index < -0.39 is 31.4 Å². The molecular weight excluding hydrogens is 560 g/mol. The number of ether oxygens (including phenoxy) is 1. The third-order valence-corrected chi connectivity index (χ3v) is 7.82. The molecule has 2 aromatic heterocycles. The second-order valence-corrected chi connectivity index (χ2v) is 11.2. The van der Waals surface area contributed by atoms with Crippen LogP contribution >= 0.6 is 11.6 Å². The van der Waals surface area contributed by atoms with Crippen molar-refractivity contribution in [3.8, 4) is 17.3 Å². The van der Waals surface area contributed by atoms with E-state index in [2.05, 4.69) is 20.1 Å². The normalized spacial score (nSPS) is 13.2. The molecule has 1 saturated carbocycles. The van der Waals surface area contributed by atoms with E-state index in [4.69, 9.17) is 16.3 Å². The van der Waals surface area contributed by atoms with Crippen molar-refractivity contribution in [1.82, 2.24) is 24.8 Å². The number of hydrogen-bond donors (Lipinski definition) is 2. The summed E-state index contributed by atoms with van der Waals surface area (Å²) in [6.07, 6.45) is 4.59.